The van der Waals surface area contributed by atoms with Crippen LogP contribution in [-0.2, 0) is 4.79 Å². The molecule has 0 spiro atoms. The highest BCUT2D eigenvalue weighted by atomic mass is 16.5. The first kappa shape index (κ1) is 18.8. The number of azide groups is 1. The van der Waals surface area contributed by atoms with E-state index in [1.807, 2.05) is 0 Å². The number of ether oxygens (including phenoxy) is 1. The fraction of sp³-hybridized carbons (Fsp3) is 0.588. The lowest BCUT2D eigenvalue weighted by Crippen LogP contribution is -2.26. The van der Waals surface area contributed by atoms with Crippen LogP contribution in [0.5, 0.6) is 5.75 Å². The number of hydrogen-bond donors (Lipinski definition) is 1. The fourth-order valence-electron chi connectivity index (χ4n) is 2.35. The molecule has 0 radical (unpaired) electrons. The Morgan fingerprint density at radius 2 is 1.96 bits per heavy atom. The lowest BCUT2D eigenvalue weighted by atomic mass is 10.1. The van der Waals surface area contributed by atoms with Crippen molar-refractivity contribution in [3.63, 3.8) is 0 Å². The molecular weight excluding hydrogens is 294 g/mol. The van der Waals surface area contributed by atoms with E-state index in [0.717, 1.165) is 19.3 Å². The molecule has 1 aromatic rings. The lowest BCUT2D eigenvalue weighted by Gasteiger charge is -2.15. The van der Waals surface area contributed by atoms with Crippen LogP contribution in [0.4, 0.5) is 5.69 Å². The van der Waals surface area contributed by atoms with Crippen LogP contribution in [0.1, 0.15) is 58.3 Å². The molecule has 0 aliphatic carbocycles. The van der Waals surface area contributed by atoms with Gasteiger partial charge in [-0.3, -0.25) is 0 Å². The van der Waals surface area contributed by atoms with E-state index in [1.54, 1.807) is 24.3 Å². The van der Waals surface area contributed by atoms with Crippen molar-refractivity contribution < 1.29 is 14.6 Å². The van der Waals surface area contributed by atoms with E-state index in [2.05, 4.69) is 16.9 Å². The third-order valence-corrected chi connectivity index (χ3v) is 3.60. The molecule has 1 N–H and O–H groups in total. The largest absolute Gasteiger partial charge is 0.479 e. The maximum absolute atomic E-state index is 11.3. The van der Waals surface area contributed by atoms with Crippen molar-refractivity contribution in [2.75, 3.05) is 0 Å². The summed E-state index contributed by atoms with van der Waals surface area (Å²) in [5.74, 6) is -0.560. The average Bonchev–Trinajstić information content (AvgIpc) is 2.53. The smallest absolute Gasteiger partial charge is 0.344 e. The Hall–Kier alpha value is -2.20. The van der Waals surface area contributed by atoms with Gasteiger partial charge < -0.3 is 9.84 Å². The number of rotatable bonds is 12. The number of hydrogen-bond acceptors (Lipinski definition) is 3. The molecule has 0 aromatic heterocycles. The highest BCUT2D eigenvalue weighted by Crippen LogP contribution is 2.22. The van der Waals surface area contributed by atoms with Gasteiger partial charge in [-0.1, -0.05) is 62.7 Å². The minimum atomic E-state index is -0.967. The van der Waals surface area contributed by atoms with E-state index in [0.29, 0.717) is 17.9 Å². The van der Waals surface area contributed by atoms with E-state index >= 15 is 0 Å². The summed E-state index contributed by atoms with van der Waals surface area (Å²) in [6.45, 7) is 2.19. The standard InChI is InChI=1S/C17H25N3O3/c1-2-3-4-5-6-7-8-12-16(17(21)22)23-15-11-9-10-14(13-15)19-20-18/h9-11,13,16H,2-8,12H2,1H3,(H,21,22). The van der Waals surface area contributed by atoms with E-state index in [-0.39, 0.29) is 0 Å². The van der Waals surface area contributed by atoms with Crippen LogP contribution in [0, 0.1) is 0 Å². The molecule has 0 saturated heterocycles. The maximum Gasteiger partial charge on any atom is 0.344 e. The first-order valence-corrected chi connectivity index (χ1v) is 8.22. The van der Waals surface area contributed by atoms with Gasteiger partial charge in [-0.15, -0.1) is 0 Å². The second kappa shape index (κ2) is 11.4. The molecule has 0 aliphatic heterocycles. The number of carboxylic acid groups (broad SMARTS) is 1. The number of aliphatic carboxylic acids is 1. The SMILES string of the molecule is CCCCCCCCCC(Oc1cccc(N=[N+]=[N-])c1)C(=O)O. The molecule has 1 rings (SSSR count). The summed E-state index contributed by atoms with van der Waals surface area (Å²) in [5, 5.41) is 12.8. The predicted octanol–water partition coefficient (Wildman–Crippen LogP) is 5.60. The number of carboxylic acids is 1. The second-order valence-corrected chi connectivity index (χ2v) is 5.54. The van der Waals surface area contributed by atoms with E-state index in [1.165, 1.54) is 25.7 Å². The molecule has 0 heterocycles. The lowest BCUT2D eigenvalue weighted by molar-refractivity contribution is -0.145. The maximum atomic E-state index is 11.3. The molecule has 6 heteroatoms. The van der Waals surface area contributed by atoms with Gasteiger partial charge in [0.15, 0.2) is 6.10 Å². The summed E-state index contributed by atoms with van der Waals surface area (Å²) in [6, 6.07) is 6.52. The van der Waals surface area contributed by atoms with Crippen molar-refractivity contribution >= 4 is 11.7 Å². The molecule has 0 fully saturated rings. The zero-order chi connectivity index (χ0) is 16.9. The molecule has 0 aliphatic rings. The minimum Gasteiger partial charge on any atom is -0.479 e. The molecule has 126 valence electrons. The van der Waals surface area contributed by atoms with Gasteiger partial charge in [-0.25, -0.2) is 4.79 Å². The molecular formula is C17H25N3O3. The third-order valence-electron chi connectivity index (χ3n) is 3.60. The zero-order valence-corrected chi connectivity index (χ0v) is 13.6. The first-order chi connectivity index (χ1) is 11.2. The third kappa shape index (κ3) is 8.12. The van der Waals surface area contributed by atoms with E-state index in [4.69, 9.17) is 10.3 Å². The Morgan fingerprint density at radius 3 is 2.61 bits per heavy atom. The van der Waals surface area contributed by atoms with Crippen molar-refractivity contribution in [1.82, 2.24) is 0 Å². The monoisotopic (exact) mass is 319 g/mol. The van der Waals surface area contributed by atoms with Crippen molar-refractivity contribution in [3.8, 4) is 5.75 Å². The number of unbranched alkanes of at least 4 members (excludes halogenated alkanes) is 6. The van der Waals surface area contributed by atoms with Crippen LogP contribution in [0.2, 0.25) is 0 Å². The molecule has 6 nitrogen and oxygen atoms in total. The Kier molecular flexibility index (Phi) is 9.32. The van der Waals surface area contributed by atoms with Gasteiger partial charge in [0.2, 0.25) is 0 Å². The summed E-state index contributed by atoms with van der Waals surface area (Å²) in [7, 11) is 0. The van der Waals surface area contributed by atoms with Crippen LogP contribution in [0.15, 0.2) is 29.4 Å². The molecule has 1 unspecified atom stereocenters. The number of nitrogens with zero attached hydrogens (tertiary/aromatic N) is 3. The number of benzene rings is 1. The first-order valence-electron chi connectivity index (χ1n) is 8.22. The average molecular weight is 319 g/mol. The second-order valence-electron chi connectivity index (χ2n) is 5.54. The predicted molar refractivity (Wildman–Crippen MR) is 89.9 cm³/mol. The molecule has 23 heavy (non-hydrogen) atoms. The van der Waals surface area contributed by atoms with Crippen LogP contribution in [0.25, 0.3) is 10.4 Å². The Labute approximate surface area is 137 Å². The van der Waals surface area contributed by atoms with Crippen LogP contribution < -0.4 is 4.74 Å². The van der Waals surface area contributed by atoms with Crippen molar-refractivity contribution in [1.29, 1.82) is 0 Å². The Morgan fingerprint density at radius 1 is 1.26 bits per heavy atom. The summed E-state index contributed by atoms with van der Waals surface area (Å²) in [6.07, 6.45) is 7.56. The fourth-order valence-corrected chi connectivity index (χ4v) is 2.35. The zero-order valence-electron chi connectivity index (χ0n) is 13.6. The van der Waals surface area contributed by atoms with Crippen molar-refractivity contribution in [2.45, 2.75) is 64.4 Å². The quantitative estimate of drug-likeness (QED) is 0.235. The van der Waals surface area contributed by atoms with Gasteiger partial charge in [0, 0.05) is 10.6 Å². The summed E-state index contributed by atoms with van der Waals surface area (Å²) >= 11 is 0. The van der Waals surface area contributed by atoms with Gasteiger partial charge in [0.05, 0.1) is 0 Å². The van der Waals surface area contributed by atoms with Crippen molar-refractivity contribution in [3.05, 3.63) is 34.7 Å². The van der Waals surface area contributed by atoms with Gasteiger partial charge in [-0.05, 0) is 30.5 Å². The Balaban J connectivity index is 2.41. The Bertz CT molecular complexity index is 528. The molecule has 0 amide bonds. The van der Waals surface area contributed by atoms with Gasteiger partial charge in [0.25, 0.3) is 0 Å². The van der Waals surface area contributed by atoms with Crippen molar-refractivity contribution in [2.24, 2.45) is 5.11 Å². The van der Waals surface area contributed by atoms with Gasteiger partial charge in [0.1, 0.15) is 5.75 Å². The summed E-state index contributed by atoms with van der Waals surface area (Å²) < 4.78 is 5.53. The molecule has 1 aromatic carbocycles. The van der Waals surface area contributed by atoms with E-state index < -0.39 is 12.1 Å². The van der Waals surface area contributed by atoms with Crippen LogP contribution in [0.3, 0.4) is 0 Å². The molecule has 0 bridgehead atoms. The van der Waals surface area contributed by atoms with Gasteiger partial charge >= 0.3 is 5.97 Å². The van der Waals surface area contributed by atoms with Crippen LogP contribution in [-0.4, -0.2) is 17.2 Å². The summed E-state index contributed by atoms with van der Waals surface area (Å²) in [4.78, 5) is 14.0. The van der Waals surface area contributed by atoms with Crippen LogP contribution >= 0.6 is 0 Å². The number of carbonyl (C=O) groups is 1. The molecule has 0 saturated carbocycles. The van der Waals surface area contributed by atoms with E-state index in [9.17, 15) is 9.90 Å². The topological polar surface area (TPSA) is 95.3 Å². The summed E-state index contributed by atoms with van der Waals surface area (Å²) in [5.41, 5.74) is 8.83. The highest BCUT2D eigenvalue weighted by molar-refractivity contribution is 5.72. The normalized spacial score (nSPS) is 11.5. The molecule has 1 atom stereocenters. The van der Waals surface area contributed by atoms with Gasteiger partial charge in [-0.2, -0.15) is 0 Å². The minimum absolute atomic E-state index is 0.407. The highest BCUT2D eigenvalue weighted by Gasteiger charge is 2.18.